The van der Waals surface area contributed by atoms with Gasteiger partial charge in [-0.05, 0) is 24.6 Å². The van der Waals surface area contributed by atoms with Crippen LogP contribution in [0.15, 0.2) is 42.5 Å². The molecule has 5 nitrogen and oxygen atoms in total. The molecule has 0 unspecified atom stereocenters. The molecule has 2 aromatic heterocycles. The highest BCUT2D eigenvalue weighted by atomic mass is 16.4. The third-order valence-electron chi connectivity index (χ3n) is 3.20. The molecule has 2 heterocycles. The van der Waals surface area contributed by atoms with Crippen molar-refractivity contribution in [2.45, 2.75) is 13.3 Å². The van der Waals surface area contributed by atoms with E-state index in [9.17, 15) is 9.90 Å². The Labute approximate surface area is 115 Å². The lowest BCUT2D eigenvalue weighted by atomic mass is 10.1. The second kappa shape index (κ2) is 4.77. The van der Waals surface area contributed by atoms with Crippen molar-refractivity contribution in [2.24, 2.45) is 0 Å². The van der Waals surface area contributed by atoms with Crippen molar-refractivity contribution in [3.63, 3.8) is 0 Å². The maximum absolute atomic E-state index is 11.3. The molecule has 0 saturated carbocycles. The fraction of sp³-hybridized carbons (Fsp3) is 0.133. The second-order valence-corrected chi connectivity index (χ2v) is 4.69. The van der Waals surface area contributed by atoms with Crippen molar-refractivity contribution < 1.29 is 9.90 Å². The van der Waals surface area contributed by atoms with Gasteiger partial charge in [0.2, 0.25) is 0 Å². The highest BCUT2D eigenvalue weighted by Gasteiger charge is 2.14. The van der Waals surface area contributed by atoms with E-state index in [-0.39, 0.29) is 5.69 Å². The molecule has 3 aromatic rings. The van der Waals surface area contributed by atoms with E-state index in [1.54, 1.807) is 22.6 Å². The number of fused-ring (bicyclic) bond motifs is 1. The molecule has 0 bridgehead atoms. The van der Waals surface area contributed by atoms with Crippen LogP contribution >= 0.6 is 0 Å². The van der Waals surface area contributed by atoms with Crippen LogP contribution < -0.4 is 0 Å². The van der Waals surface area contributed by atoms with E-state index in [1.165, 1.54) is 5.56 Å². The molecule has 5 heteroatoms. The van der Waals surface area contributed by atoms with Gasteiger partial charge in [0.15, 0.2) is 5.65 Å². The summed E-state index contributed by atoms with van der Waals surface area (Å²) in [6, 6.07) is 13.0. The van der Waals surface area contributed by atoms with Gasteiger partial charge in [0.1, 0.15) is 11.5 Å². The van der Waals surface area contributed by atoms with Gasteiger partial charge in [-0.25, -0.2) is 4.79 Å². The maximum atomic E-state index is 11.3. The quantitative estimate of drug-likeness (QED) is 0.790. The van der Waals surface area contributed by atoms with Crippen LogP contribution in [0.1, 0.15) is 27.4 Å². The largest absolute Gasteiger partial charge is 0.477 e. The van der Waals surface area contributed by atoms with Crippen LogP contribution in [0, 0.1) is 6.92 Å². The van der Waals surface area contributed by atoms with Gasteiger partial charge >= 0.3 is 5.97 Å². The standard InChI is InChI=1S/C15H13N3O2/c1-10-5-7-11(8-6-10)9-14-17-16-13-4-2-3-12(15(19)20)18(13)14/h2-8H,9H2,1H3,(H,19,20). The summed E-state index contributed by atoms with van der Waals surface area (Å²) in [5.74, 6) is -0.359. The molecule has 0 spiro atoms. The van der Waals surface area contributed by atoms with Gasteiger partial charge < -0.3 is 5.11 Å². The van der Waals surface area contributed by atoms with Gasteiger partial charge in [-0.15, -0.1) is 10.2 Å². The molecule has 20 heavy (non-hydrogen) atoms. The first-order valence-corrected chi connectivity index (χ1v) is 6.27. The Morgan fingerprint density at radius 3 is 2.60 bits per heavy atom. The van der Waals surface area contributed by atoms with Gasteiger partial charge in [0, 0.05) is 6.42 Å². The molecule has 0 saturated heterocycles. The summed E-state index contributed by atoms with van der Waals surface area (Å²) in [4.78, 5) is 11.3. The summed E-state index contributed by atoms with van der Waals surface area (Å²) >= 11 is 0. The number of hydrogen-bond acceptors (Lipinski definition) is 3. The van der Waals surface area contributed by atoms with Crippen LogP contribution in [-0.2, 0) is 6.42 Å². The smallest absolute Gasteiger partial charge is 0.352 e. The molecule has 0 amide bonds. The number of nitrogens with zero attached hydrogens (tertiary/aromatic N) is 3. The van der Waals surface area contributed by atoms with Crippen molar-refractivity contribution in [3.8, 4) is 0 Å². The number of hydrogen-bond donors (Lipinski definition) is 1. The number of carbonyl (C=O) groups is 1. The van der Waals surface area contributed by atoms with Crippen molar-refractivity contribution in [3.05, 3.63) is 65.1 Å². The average Bonchev–Trinajstić information content (AvgIpc) is 2.84. The Balaban J connectivity index is 2.07. The molecule has 0 aliphatic rings. The van der Waals surface area contributed by atoms with Crippen molar-refractivity contribution >= 4 is 11.6 Å². The van der Waals surface area contributed by atoms with Crippen molar-refractivity contribution in [1.82, 2.24) is 14.6 Å². The number of aromatic carboxylic acids is 1. The molecule has 0 radical (unpaired) electrons. The van der Waals surface area contributed by atoms with Gasteiger partial charge in [0.25, 0.3) is 0 Å². The van der Waals surface area contributed by atoms with Gasteiger partial charge in [-0.3, -0.25) is 4.40 Å². The summed E-state index contributed by atoms with van der Waals surface area (Å²) in [5.41, 5.74) is 2.98. The predicted molar refractivity (Wildman–Crippen MR) is 73.9 cm³/mol. The average molecular weight is 267 g/mol. The number of aryl methyl sites for hydroxylation is 1. The van der Waals surface area contributed by atoms with E-state index in [0.29, 0.717) is 17.9 Å². The fourth-order valence-electron chi connectivity index (χ4n) is 2.17. The predicted octanol–water partition coefficient (Wildman–Crippen LogP) is 2.33. The zero-order valence-corrected chi connectivity index (χ0v) is 10.9. The summed E-state index contributed by atoms with van der Waals surface area (Å²) in [7, 11) is 0. The van der Waals surface area contributed by atoms with E-state index < -0.39 is 5.97 Å². The molecular weight excluding hydrogens is 254 g/mol. The van der Waals surface area contributed by atoms with Crippen LogP contribution in [0.3, 0.4) is 0 Å². The van der Waals surface area contributed by atoms with Crippen LogP contribution in [-0.4, -0.2) is 25.7 Å². The molecule has 1 N–H and O–H groups in total. The van der Waals surface area contributed by atoms with E-state index in [1.807, 2.05) is 31.2 Å². The monoisotopic (exact) mass is 267 g/mol. The van der Waals surface area contributed by atoms with Crippen LogP contribution in [0.2, 0.25) is 0 Å². The number of rotatable bonds is 3. The maximum Gasteiger partial charge on any atom is 0.352 e. The first-order valence-electron chi connectivity index (χ1n) is 6.27. The summed E-state index contributed by atoms with van der Waals surface area (Å²) in [5, 5.41) is 17.4. The van der Waals surface area contributed by atoms with E-state index in [4.69, 9.17) is 0 Å². The minimum atomic E-state index is -0.986. The number of pyridine rings is 1. The third kappa shape index (κ3) is 2.14. The number of carboxylic acid groups (broad SMARTS) is 1. The van der Waals surface area contributed by atoms with Crippen molar-refractivity contribution in [1.29, 1.82) is 0 Å². The summed E-state index contributed by atoms with van der Waals surface area (Å²) in [6.45, 7) is 2.03. The van der Waals surface area contributed by atoms with E-state index in [0.717, 1.165) is 5.56 Å². The third-order valence-corrected chi connectivity index (χ3v) is 3.20. The Hall–Kier alpha value is -2.69. The molecule has 100 valence electrons. The second-order valence-electron chi connectivity index (χ2n) is 4.69. The highest BCUT2D eigenvalue weighted by molar-refractivity contribution is 5.86. The number of carboxylic acids is 1. The van der Waals surface area contributed by atoms with E-state index in [2.05, 4.69) is 10.2 Å². The number of benzene rings is 1. The minimum Gasteiger partial charge on any atom is -0.477 e. The molecule has 1 aromatic carbocycles. The SMILES string of the molecule is Cc1ccc(Cc2nnc3cccc(C(=O)O)n23)cc1. The summed E-state index contributed by atoms with van der Waals surface area (Å²) < 4.78 is 1.59. The van der Waals surface area contributed by atoms with E-state index >= 15 is 0 Å². The lowest BCUT2D eigenvalue weighted by Gasteiger charge is -2.04. The Morgan fingerprint density at radius 2 is 1.90 bits per heavy atom. The van der Waals surface area contributed by atoms with Crippen LogP contribution in [0.25, 0.3) is 5.65 Å². The summed E-state index contributed by atoms with van der Waals surface area (Å²) in [6.07, 6.45) is 0.547. The Morgan fingerprint density at radius 1 is 1.15 bits per heavy atom. The van der Waals surface area contributed by atoms with Crippen LogP contribution in [0.5, 0.6) is 0 Å². The zero-order chi connectivity index (χ0) is 14.1. The topological polar surface area (TPSA) is 67.5 Å². The first kappa shape index (κ1) is 12.3. The Kier molecular flexibility index (Phi) is 2.95. The molecule has 0 aliphatic heterocycles. The lowest BCUT2D eigenvalue weighted by molar-refractivity contribution is 0.0688. The minimum absolute atomic E-state index is 0.176. The zero-order valence-electron chi connectivity index (χ0n) is 10.9. The van der Waals surface area contributed by atoms with Gasteiger partial charge in [-0.2, -0.15) is 0 Å². The molecule has 0 aliphatic carbocycles. The normalized spacial score (nSPS) is 10.8. The van der Waals surface area contributed by atoms with Crippen molar-refractivity contribution in [2.75, 3.05) is 0 Å². The van der Waals surface area contributed by atoms with Gasteiger partial charge in [0.05, 0.1) is 0 Å². The van der Waals surface area contributed by atoms with Crippen LogP contribution in [0.4, 0.5) is 0 Å². The fourth-order valence-corrected chi connectivity index (χ4v) is 2.17. The highest BCUT2D eigenvalue weighted by Crippen LogP contribution is 2.13. The molecule has 3 rings (SSSR count). The Bertz CT molecular complexity index is 775. The molecule has 0 fully saturated rings. The molecular formula is C15H13N3O2. The van der Waals surface area contributed by atoms with Gasteiger partial charge in [-0.1, -0.05) is 35.9 Å². The number of aromatic nitrogens is 3. The lowest BCUT2D eigenvalue weighted by Crippen LogP contribution is -2.08. The molecule has 0 atom stereocenters. The first-order chi connectivity index (χ1) is 9.65.